The van der Waals surface area contributed by atoms with E-state index in [-0.39, 0.29) is 54.5 Å². The highest BCUT2D eigenvalue weighted by atomic mass is 19.1. The highest BCUT2D eigenvalue weighted by Gasteiger charge is 2.51. The summed E-state index contributed by atoms with van der Waals surface area (Å²) in [5, 5.41) is 24.2. The summed E-state index contributed by atoms with van der Waals surface area (Å²) in [5.41, 5.74) is 2.80. The van der Waals surface area contributed by atoms with Crippen LogP contribution in [0.1, 0.15) is 22.6 Å². The molecule has 0 aromatic heterocycles. The third-order valence-electron chi connectivity index (χ3n) is 7.79. The number of hydrogen-bond acceptors (Lipinski definition) is 6. The molecule has 2 heterocycles. The molecule has 3 aromatic rings. The van der Waals surface area contributed by atoms with E-state index in [0.717, 1.165) is 17.7 Å². The minimum absolute atomic E-state index is 0.0416. The van der Waals surface area contributed by atoms with Crippen LogP contribution in [-0.4, -0.2) is 90.4 Å². The van der Waals surface area contributed by atoms with Crippen LogP contribution in [0, 0.1) is 17.7 Å². The molecule has 3 atom stereocenters. The van der Waals surface area contributed by atoms with Crippen molar-refractivity contribution in [3.63, 3.8) is 0 Å². The SMILES string of the molecule is COc1ccc(NC(=O)N2C/C(O)=C(/O)CN3[C@H](CN(C)C)[C@H](c4ccc(C#Cc5ccccc5F)cc4)[C@@H]3C2)cc1. The van der Waals surface area contributed by atoms with Crippen molar-refractivity contribution < 1.29 is 24.1 Å². The number of amides is 2. The summed E-state index contributed by atoms with van der Waals surface area (Å²) in [6.07, 6.45) is 0. The maximum Gasteiger partial charge on any atom is 0.322 e. The Bertz CT molecular complexity index is 1510. The molecule has 1 fully saturated rings. The Labute approximate surface area is 245 Å². The lowest BCUT2D eigenvalue weighted by Gasteiger charge is -2.57. The van der Waals surface area contributed by atoms with Crippen LogP contribution in [0.15, 0.2) is 84.3 Å². The second-order valence-electron chi connectivity index (χ2n) is 10.9. The molecule has 218 valence electrons. The molecule has 0 radical (unpaired) electrons. The van der Waals surface area contributed by atoms with E-state index in [1.165, 1.54) is 11.0 Å². The molecule has 0 saturated carbocycles. The van der Waals surface area contributed by atoms with E-state index in [1.54, 1.807) is 49.6 Å². The van der Waals surface area contributed by atoms with Gasteiger partial charge in [0.15, 0.2) is 5.76 Å². The Kier molecular flexibility index (Phi) is 8.67. The van der Waals surface area contributed by atoms with Crippen LogP contribution < -0.4 is 10.1 Å². The number of fused-ring (bicyclic) bond motifs is 1. The normalized spacial score (nSPS) is 22.2. The first kappa shape index (κ1) is 29.0. The van der Waals surface area contributed by atoms with Crippen molar-refractivity contribution in [2.45, 2.75) is 18.0 Å². The van der Waals surface area contributed by atoms with E-state index in [2.05, 4.69) is 27.0 Å². The number of ether oxygens (including phenoxy) is 1. The average molecular weight is 571 g/mol. The third-order valence-corrected chi connectivity index (χ3v) is 7.79. The molecule has 5 rings (SSSR count). The fraction of sp³-hybridized carbons (Fsp3) is 0.303. The summed E-state index contributed by atoms with van der Waals surface area (Å²) < 4.78 is 19.2. The number of benzene rings is 3. The number of urea groups is 1. The minimum atomic E-state index is -0.380. The van der Waals surface area contributed by atoms with Gasteiger partial charge in [-0.2, -0.15) is 0 Å². The lowest BCUT2D eigenvalue weighted by Crippen LogP contribution is -2.69. The lowest BCUT2D eigenvalue weighted by molar-refractivity contribution is -0.0418. The van der Waals surface area contributed by atoms with Crippen LogP contribution >= 0.6 is 0 Å². The zero-order valence-corrected chi connectivity index (χ0v) is 23.9. The highest BCUT2D eigenvalue weighted by Crippen LogP contribution is 2.42. The molecule has 2 aliphatic rings. The zero-order chi connectivity index (χ0) is 29.8. The molecule has 9 heteroatoms. The van der Waals surface area contributed by atoms with Gasteiger partial charge in [0.1, 0.15) is 17.3 Å². The predicted molar refractivity (Wildman–Crippen MR) is 160 cm³/mol. The number of nitrogens with zero attached hydrogens (tertiary/aromatic N) is 3. The molecule has 1 saturated heterocycles. The van der Waals surface area contributed by atoms with Gasteiger partial charge in [-0.05, 0) is 68.2 Å². The predicted octanol–water partition coefficient (Wildman–Crippen LogP) is 4.81. The number of carbonyl (C=O) groups is 1. The molecule has 0 unspecified atom stereocenters. The molecular weight excluding hydrogens is 535 g/mol. The second kappa shape index (κ2) is 12.6. The maximum atomic E-state index is 14.0. The number of hydrogen-bond donors (Lipinski definition) is 3. The van der Waals surface area contributed by atoms with Gasteiger partial charge >= 0.3 is 6.03 Å². The summed E-state index contributed by atoms with van der Waals surface area (Å²) >= 11 is 0. The van der Waals surface area contributed by atoms with Crippen LogP contribution in [0.4, 0.5) is 14.9 Å². The van der Waals surface area contributed by atoms with Crippen molar-refractivity contribution in [3.8, 4) is 17.6 Å². The van der Waals surface area contributed by atoms with Crippen LogP contribution in [0.3, 0.4) is 0 Å². The van der Waals surface area contributed by atoms with Crippen LogP contribution in [-0.2, 0) is 0 Å². The van der Waals surface area contributed by atoms with Gasteiger partial charge in [0, 0.05) is 42.3 Å². The monoisotopic (exact) mass is 570 g/mol. The molecule has 8 nitrogen and oxygen atoms in total. The van der Waals surface area contributed by atoms with Gasteiger partial charge in [-0.1, -0.05) is 36.1 Å². The topological polar surface area (TPSA) is 88.5 Å². The first-order valence-electron chi connectivity index (χ1n) is 13.8. The summed E-state index contributed by atoms with van der Waals surface area (Å²) in [7, 11) is 5.57. The van der Waals surface area contributed by atoms with E-state index in [9.17, 15) is 19.4 Å². The summed E-state index contributed by atoms with van der Waals surface area (Å²) in [5.74, 6) is 5.97. The Morgan fingerprint density at radius 3 is 2.36 bits per heavy atom. The van der Waals surface area contributed by atoms with Gasteiger partial charge in [-0.3, -0.25) is 4.90 Å². The van der Waals surface area contributed by atoms with E-state index in [4.69, 9.17) is 4.74 Å². The van der Waals surface area contributed by atoms with Gasteiger partial charge < -0.3 is 30.1 Å². The van der Waals surface area contributed by atoms with E-state index in [1.807, 2.05) is 38.4 Å². The van der Waals surface area contributed by atoms with Crippen LogP contribution in [0.5, 0.6) is 5.75 Å². The smallest absolute Gasteiger partial charge is 0.322 e. The van der Waals surface area contributed by atoms with Crippen molar-refractivity contribution >= 4 is 11.7 Å². The molecule has 0 bridgehead atoms. The molecule has 42 heavy (non-hydrogen) atoms. The number of nitrogens with one attached hydrogen (secondary N) is 1. The Balaban J connectivity index is 1.40. The summed E-state index contributed by atoms with van der Waals surface area (Å²) in [4.78, 5) is 19.1. The highest BCUT2D eigenvalue weighted by molar-refractivity contribution is 5.89. The number of rotatable bonds is 5. The first-order chi connectivity index (χ1) is 20.2. The second-order valence-corrected chi connectivity index (χ2v) is 10.9. The first-order valence-corrected chi connectivity index (χ1v) is 13.8. The van der Waals surface area contributed by atoms with Gasteiger partial charge in [0.25, 0.3) is 0 Å². The van der Waals surface area contributed by atoms with Crippen molar-refractivity contribution in [2.24, 2.45) is 0 Å². The number of aliphatic hydroxyl groups excluding tert-OH is 2. The largest absolute Gasteiger partial charge is 0.507 e. The molecule has 2 aliphatic heterocycles. The fourth-order valence-electron chi connectivity index (χ4n) is 5.65. The van der Waals surface area contributed by atoms with E-state index >= 15 is 0 Å². The standard InChI is InChI=1S/C33H35FN4O4/c1-36(2)18-28-32(24-12-9-22(10-13-24)8-11-23-6-4-5-7-27(23)34)29-19-37(20-30(39)31(40)21-38(28)29)33(41)35-25-14-16-26(42-3)17-15-25/h4-7,9-10,12-17,28-29,32,39-40H,18-21H2,1-3H3,(H,35,41)/b31-30-/t28-,29+,32+/m1/s1. The molecule has 0 aliphatic carbocycles. The van der Waals surface area contributed by atoms with Crippen molar-refractivity contribution in [2.75, 3.05) is 52.7 Å². The number of halogens is 1. The van der Waals surface area contributed by atoms with Gasteiger partial charge in [0.2, 0.25) is 0 Å². The van der Waals surface area contributed by atoms with Gasteiger partial charge in [-0.25, -0.2) is 9.18 Å². The molecular formula is C33H35FN4O4. The number of likely N-dealkylation sites (N-methyl/N-ethyl adjacent to an activating group) is 1. The van der Waals surface area contributed by atoms with Crippen LogP contribution in [0.2, 0.25) is 0 Å². The average Bonchev–Trinajstić information content (AvgIpc) is 2.98. The third kappa shape index (κ3) is 6.35. The summed E-state index contributed by atoms with van der Waals surface area (Å²) in [6.45, 7) is 1.17. The molecule has 3 N–H and O–H groups in total. The van der Waals surface area contributed by atoms with Crippen molar-refractivity contribution in [1.29, 1.82) is 0 Å². The zero-order valence-electron chi connectivity index (χ0n) is 23.9. The van der Waals surface area contributed by atoms with Gasteiger partial charge in [-0.15, -0.1) is 0 Å². The number of methoxy groups -OCH3 is 1. The van der Waals surface area contributed by atoms with Crippen molar-refractivity contribution in [3.05, 3.63) is 107 Å². The van der Waals surface area contributed by atoms with E-state index < -0.39 is 0 Å². The molecule has 2 amide bonds. The fourth-order valence-corrected chi connectivity index (χ4v) is 5.65. The van der Waals surface area contributed by atoms with Crippen molar-refractivity contribution in [1.82, 2.24) is 14.7 Å². The number of aliphatic hydroxyl groups is 2. The number of anilines is 1. The quantitative estimate of drug-likeness (QED) is 0.382. The van der Waals surface area contributed by atoms with Crippen LogP contribution in [0.25, 0.3) is 0 Å². The van der Waals surface area contributed by atoms with Gasteiger partial charge in [0.05, 0.1) is 25.8 Å². The lowest BCUT2D eigenvalue weighted by atomic mass is 9.73. The number of carbonyl (C=O) groups excluding carboxylic acids is 1. The Morgan fingerprint density at radius 1 is 1.00 bits per heavy atom. The Morgan fingerprint density at radius 2 is 1.69 bits per heavy atom. The van der Waals surface area contributed by atoms with E-state index in [0.29, 0.717) is 23.5 Å². The minimum Gasteiger partial charge on any atom is -0.507 e. The molecule has 3 aromatic carbocycles. The Hall–Kier alpha value is -4.52. The molecule has 0 spiro atoms. The maximum absolute atomic E-state index is 14.0. The summed E-state index contributed by atoms with van der Waals surface area (Å²) in [6, 6.07) is 20.9.